The lowest BCUT2D eigenvalue weighted by Gasteiger charge is -2.32. The lowest BCUT2D eigenvalue weighted by molar-refractivity contribution is -0.130. The second kappa shape index (κ2) is 7.15. The number of piperidine rings is 1. The summed E-state index contributed by atoms with van der Waals surface area (Å²) in [5.74, 6) is -1.29. The fourth-order valence-corrected chi connectivity index (χ4v) is 4.52. The highest BCUT2D eigenvalue weighted by atomic mass is 32.2. The Morgan fingerprint density at radius 1 is 1.15 bits per heavy atom. The Kier molecular flexibility index (Phi) is 4.72. The lowest BCUT2D eigenvalue weighted by Crippen LogP contribution is -2.42. The molecule has 0 spiro atoms. The van der Waals surface area contributed by atoms with Crippen molar-refractivity contribution in [3.05, 3.63) is 65.5 Å². The molecule has 4 nitrogen and oxygen atoms in total. The van der Waals surface area contributed by atoms with Gasteiger partial charge in [-0.25, -0.2) is 8.78 Å². The van der Waals surface area contributed by atoms with Crippen molar-refractivity contribution >= 4 is 22.8 Å². The first-order valence-electron chi connectivity index (χ1n) is 8.50. The number of thioether (sulfide) groups is 1. The van der Waals surface area contributed by atoms with Gasteiger partial charge in [-0.05, 0) is 36.6 Å². The molecule has 2 unspecified atom stereocenters. The normalized spacial score (nSPS) is 23.2. The summed E-state index contributed by atoms with van der Waals surface area (Å²) in [6, 6.07) is 7.25. The van der Waals surface area contributed by atoms with Crippen molar-refractivity contribution in [1.29, 1.82) is 0 Å². The molecule has 0 N–H and O–H groups in total. The fourth-order valence-electron chi connectivity index (χ4n) is 3.40. The first-order valence-corrected chi connectivity index (χ1v) is 9.49. The zero-order valence-electron chi connectivity index (χ0n) is 13.9. The minimum atomic E-state index is -0.666. The van der Waals surface area contributed by atoms with E-state index in [0.717, 1.165) is 23.8 Å². The molecule has 7 heteroatoms. The molecule has 134 valence electrons. The zero-order valence-corrected chi connectivity index (χ0v) is 14.8. The summed E-state index contributed by atoms with van der Waals surface area (Å²) >= 11 is 1.54. The molecule has 1 aromatic heterocycles. The minimum Gasteiger partial charge on any atom is -0.291 e. The Morgan fingerprint density at radius 2 is 1.96 bits per heavy atom. The van der Waals surface area contributed by atoms with Crippen LogP contribution >= 0.6 is 11.8 Å². The lowest BCUT2D eigenvalue weighted by atomic mass is 9.89. The molecule has 0 aliphatic carbocycles. The van der Waals surface area contributed by atoms with Crippen LogP contribution in [0.25, 0.3) is 0 Å². The maximum Gasteiger partial charge on any atom is 0.236 e. The van der Waals surface area contributed by atoms with Gasteiger partial charge in [0.05, 0.1) is 12.0 Å². The molecule has 0 bridgehead atoms. The molecule has 0 saturated carbocycles. The van der Waals surface area contributed by atoms with Crippen LogP contribution < -0.4 is 0 Å². The Morgan fingerprint density at radius 3 is 2.73 bits per heavy atom. The molecule has 2 aliphatic rings. The van der Waals surface area contributed by atoms with Crippen LogP contribution in [0, 0.1) is 11.6 Å². The van der Waals surface area contributed by atoms with Crippen molar-refractivity contribution < 1.29 is 13.6 Å². The van der Waals surface area contributed by atoms with Gasteiger partial charge in [-0.15, -0.1) is 0 Å². The van der Waals surface area contributed by atoms with Gasteiger partial charge < -0.3 is 0 Å². The molecule has 1 saturated heterocycles. The van der Waals surface area contributed by atoms with E-state index in [-0.39, 0.29) is 17.5 Å². The van der Waals surface area contributed by atoms with Crippen LogP contribution in [0.2, 0.25) is 0 Å². The predicted octanol–water partition coefficient (Wildman–Crippen LogP) is 3.91. The standard InChI is InChI=1S/C19H17F2N3OS/c20-13-3-4-14(16(21)10-13)15-2-1-9-24(18(15)25)19-23-17(11-26-19)12-5-7-22-8-6-12/h3-8,10,15,17H,1-2,9,11H2. The molecule has 2 atom stereocenters. The molecule has 0 radical (unpaired) electrons. The van der Waals surface area contributed by atoms with Crippen molar-refractivity contribution in [2.24, 2.45) is 4.99 Å². The summed E-state index contributed by atoms with van der Waals surface area (Å²) in [7, 11) is 0. The quantitative estimate of drug-likeness (QED) is 0.802. The number of carbonyl (C=O) groups excluding carboxylic acids is 1. The second-order valence-corrected chi connectivity index (χ2v) is 7.36. The number of nitrogens with zero attached hydrogens (tertiary/aromatic N) is 3. The molecular weight excluding hydrogens is 356 g/mol. The largest absolute Gasteiger partial charge is 0.291 e. The van der Waals surface area contributed by atoms with Crippen LogP contribution in [0.15, 0.2) is 47.7 Å². The van der Waals surface area contributed by atoms with Gasteiger partial charge >= 0.3 is 0 Å². The average Bonchev–Trinajstić information content (AvgIpc) is 3.13. The third-order valence-electron chi connectivity index (χ3n) is 4.73. The smallest absolute Gasteiger partial charge is 0.236 e. The number of amidine groups is 1. The van der Waals surface area contributed by atoms with Crippen molar-refractivity contribution in [3.63, 3.8) is 0 Å². The molecule has 1 amide bonds. The van der Waals surface area contributed by atoms with Crippen LogP contribution in [0.4, 0.5) is 8.78 Å². The van der Waals surface area contributed by atoms with Crippen molar-refractivity contribution in [3.8, 4) is 0 Å². The Labute approximate surface area is 154 Å². The van der Waals surface area contributed by atoms with Crippen LogP contribution in [0.1, 0.15) is 35.9 Å². The van der Waals surface area contributed by atoms with Gasteiger partial charge in [-0.3, -0.25) is 19.7 Å². The summed E-state index contributed by atoms with van der Waals surface area (Å²) < 4.78 is 27.3. The van der Waals surface area contributed by atoms with E-state index < -0.39 is 17.6 Å². The van der Waals surface area contributed by atoms with E-state index in [4.69, 9.17) is 4.99 Å². The first-order chi connectivity index (χ1) is 12.6. The van der Waals surface area contributed by atoms with E-state index in [1.807, 2.05) is 12.1 Å². The molecule has 1 fully saturated rings. The van der Waals surface area contributed by atoms with E-state index in [9.17, 15) is 13.6 Å². The molecule has 4 rings (SSSR count). The highest BCUT2D eigenvalue weighted by Gasteiger charge is 2.36. The molecule has 3 heterocycles. The SMILES string of the molecule is O=C1C(c2ccc(F)cc2F)CCCN1C1=NC(c2ccncc2)CS1. The van der Waals surface area contributed by atoms with Gasteiger partial charge in [0.15, 0.2) is 5.17 Å². The maximum atomic E-state index is 14.1. The van der Waals surface area contributed by atoms with Crippen molar-refractivity contribution in [1.82, 2.24) is 9.88 Å². The van der Waals surface area contributed by atoms with E-state index in [0.29, 0.717) is 18.1 Å². The Bertz CT molecular complexity index is 859. The van der Waals surface area contributed by atoms with Gasteiger partial charge in [0.2, 0.25) is 5.91 Å². The number of aromatic nitrogens is 1. The highest BCUT2D eigenvalue weighted by molar-refractivity contribution is 8.14. The molecular formula is C19H17F2N3OS. The Balaban J connectivity index is 1.57. The topological polar surface area (TPSA) is 45.6 Å². The monoisotopic (exact) mass is 373 g/mol. The van der Waals surface area contributed by atoms with E-state index in [2.05, 4.69) is 4.98 Å². The van der Waals surface area contributed by atoms with Crippen molar-refractivity contribution in [2.45, 2.75) is 24.8 Å². The van der Waals surface area contributed by atoms with Crippen molar-refractivity contribution in [2.75, 3.05) is 12.3 Å². The summed E-state index contributed by atoms with van der Waals surface area (Å²) in [5.41, 5.74) is 1.32. The number of pyridine rings is 1. The van der Waals surface area contributed by atoms with Gasteiger partial charge in [0.1, 0.15) is 11.6 Å². The summed E-state index contributed by atoms with van der Waals surface area (Å²) in [6.07, 6.45) is 4.77. The van der Waals surface area contributed by atoms with Gasteiger partial charge in [0, 0.05) is 36.3 Å². The van der Waals surface area contributed by atoms with Gasteiger partial charge in [-0.1, -0.05) is 17.8 Å². The molecule has 1 aromatic carbocycles. The number of benzene rings is 1. The summed E-state index contributed by atoms with van der Waals surface area (Å²) in [6.45, 7) is 0.576. The van der Waals surface area contributed by atoms with Crippen LogP contribution in [-0.4, -0.2) is 33.3 Å². The molecule has 2 aromatic rings. The van der Waals surface area contributed by atoms with Gasteiger partial charge in [-0.2, -0.15) is 0 Å². The predicted molar refractivity (Wildman–Crippen MR) is 96.9 cm³/mol. The number of carbonyl (C=O) groups is 1. The van der Waals surface area contributed by atoms with E-state index >= 15 is 0 Å². The van der Waals surface area contributed by atoms with Crippen LogP contribution in [0.5, 0.6) is 0 Å². The Hall–Kier alpha value is -2.28. The maximum absolute atomic E-state index is 14.1. The number of amides is 1. The number of aliphatic imine (C=N–C) groups is 1. The zero-order chi connectivity index (χ0) is 18.1. The first kappa shape index (κ1) is 17.1. The van der Waals surface area contributed by atoms with Crippen LogP contribution in [0.3, 0.4) is 0 Å². The fraction of sp³-hybridized carbons (Fsp3) is 0.316. The third-order valence-corrected chi connectivity index (χ3v) is 5.80. The number of halogens is 2. The highest BCUT2D eigenvalue weighted by Crippen LogP contribution is 2.36. The minimum absolute atomic E-state index is 0.00580. The second-order valence-electron chi connectivity index (χ2n) is 6.37. The number of hydrogen-bond acceptors (Lipinski definition) is 4. The summed E-state index contributed by atoms with van der Waals surface area (Å²) in [4.78, 5) is 23.3. The number of rotatable bonds is 2. The number of likely N-dealkylation sites (tertiary alicyclic amines) is 1. The van der Waals surface area contributed by atoms with Gasteiger partial charge in [0.25, 0.3) is 0 Å². The van der Waals surface area contributed by atoms with E-state index in [1.54, 1.807) is 29.1 Å². The molecule has 2 aliphatic heterocycles. The average molecular weight is 373 g/mol. The van der Waals surface area contributed by atoms with E-state index in [1.165, 1.54) is 12.1 Å². The summed E-state index contributed by atoms with van der Waals surface area (Å²) in [5, 5.41) is 0.684. The van der Waals surface area contributed by atoms with Crippen LogP contribution in [-0.2, 0) is 4.79 Å². The third kappa shape index (κ3) is 3.23. The number of hydrogen-bond donors (Lipinski definition) is 0. The molecule has 26 heavy (non-hydrogen) atoms.